The van der Waals surface area contributed by atoms with E-state index < -0.39 is 5.60 Å². The Morgan fingerprint density at radius 2 is 1.72 bits per heavy atom. The van der Waals surface area contributed by atoms with Crippen molar-refractivity contribution in [3.8, 4) is 11.5 Å². The van der Waals surface area contributed by atoms with Crippen LogP contribution in [0.3, 0.4) is 0 Å². The lowest BCUT2D eigenvalue weighted by atomic mass is 9.92. The van der Waals surface area contributed by atoms with Gasteiger partial charge in [0.15, 0.2) is 5.60 Å². The topological polar surface area (TPSA) is 62.0 Å². The first-order valence-corrected chi connectivity index (χ1v) is 11.5. The number of fused-ring (bicyclic) bond motifs is 1. The molecular weight excluding hydrogens is 452 g/mol. The van der Waals surface area contributed by atoms with Gasteiger partial charge in [-0.15, -0.1) is 0 Å². The molecule has 6 heteroatoms. The molecule has 0 saturated carbocycles. The van der Waals surface area contributed by atoms with Crippen LogP contribution in [-0.2, 0) is 16.1 Å². The standard InChI is InChI=1S/C30H24N2O4/c1-30(2)29(33)27(28(36-30)21-12-16-26(34-4)25(17-21)31-3)20-10-14-23(15-11-20)35-18-22-13-9-19-7-5-6-8-24(19)32-22/h5-17H,18H2,1-2,4H3. The van der Waals surface area contributed by atoms with Crippen molar-refractivity contribution in [3.63, 3.8) is 0 Å². The van der Waals surface area contributed by atoms with Crippen LogP contribution in [0.4, 0.5) is 5.69 Å². The van der Waals surface area contributed by atoms with Crippen molar-refractivity contribution in [2.75, 3.05) is 7.11 Å². The summed E-state index contributed by atoms with van der Waals surface area (Å²) in [4.78, 5) is 21.5. The highest BCUT2D eigenvalue weighted by atomic mass is 16.5. The monoisotopic (exact) mass is 476 g/mol. The van der Waals surface area contributed by atoms with Gasteiger partial charge in [-0.1, -0.05) is 42.5 Å². The van der Waals surface area contributed by atoms with Crippen LogP contribution in [0.5, 0.6) is 11.5 Å². The lowest BCUT2D eigenvalue weighted by Gasteiger charge is -2.18. The zero-order valence-electron chi connectivity index (χ0n) is 20.2. The van der Waals surface area contributed by atoms with E-state index in [-0.39, 0.29) is 5.78 Å². The maximum atomic E-state index is 13.3. The number of Topliss-reactive ketones (excluding diaryl/α,β-unsaturated/α-hetero) is 1. The Bertz CT molecular complexity index is 1550. The summed E-state index contributed by atoms with van der Waals surface area (Å²) in [7, 11) is 1.52. The third kappa shape index (κ3) is 4.27. The number of carbonyl (C=O) groups excluding carboxylic acids is 1. The number of nitrogens with zero attached hydrogens (tertiary/aromatic N) is 2. The van der Waals surface area contributed by atoms with Crippen LogP contribution < -0.4 is 9.47 Å². The number of hydrogen-bond donors (Lipinski definition) is 0. The minimum Gasteiger partial charge on any atom is -0.508 e. The van der Waals surface area contributed by atoms with Gasteiger partial charge in [0.25, 0.3) is 0 Å². The van der Waals surface area contributed by atoms with Crippen LogP contribution in [-0.4, -0.2) is 23.5 Å². The molecule has 0 atom stereocenters. The summed E-state index contributed by atoms with van der Waals surface area (Å²) in [6, 6.07) is 24.5. The van der Waals surface area contributed by atoms with Crippen molar-refractivity contribution in [2.45, 2.75) is 26.1 Å². The molecule has 1 aromatic heterocycles. The molecule has 3 aromatic carbocycles. The molecule has 1 aliphatic rings. The summed E-state index contributed by atoms with van der Waals surface area (Å²) < 4.78 is 17.3. The van der Waals surface area contributed by atoms with Crippen LogP contribution in [0.25, 0.3) is 27.1 Å². The van der Waals surface area contributed by atoms with Gasteiger partial charge in [-0.25, -0.2) is 9.83 Å². The summed E-state index contributed by atoms with van der Waals surface area (Å²) in [6.07, 6.45) is 0. The maximum absolute atomic E-state index is 13.3. The Hall–Kier alpha value is -4.63. The van der Waals surface area contributed by atoms with Gasteiger partial charge in [0, 0.05) is 10.9 Å². The van der Waals surface area contributed by atoms with E-state index in [1.807, 2.05) is 60.7 Å². The molecule has 0 saturated heterocycles. The van der Waals surface area contributed by atoms with Crippen molar-refractivity contribution >= 4 is 33.7 Å². The van der Waals surface area contributed by atoms with E-state index in [1.54, 1.807) is 32.0 Å². The van der Waals surface area contributed by atoms with E-state index in [2.05, 4.69) is 9.83 Å². The van der Waals surface area contributed by atoms with Gasteiger partial charge < -0.3 is 14.2 Å². The van der Waals surface area contributed by atoms with Crippen molar-refractivity contribution in [1.29, 1.82) is 0 Å². The van der Waals surface area contributed by atoms with E-state index in [9.17, 15) is 4.79 Å². The Morgan fingerprint density at radius 3 is 2.47 bits per heavy atom. The predicted molar refractivity (Wildman–Crippen MR) is 139 cm³/mol. The largest absolute Gasteiger partial charge is 0.508 e. The zero-order valence-corrected chi connectivity index (χ0v) is 20.2. The molecule has 6 nitrogen and oxygen atoms in total. The smallest absolute Gasteiger partial charge is 0.228 e. The molecule has 0 amide bonds. The first kappa shape index (κ1) is 23.1. The van der Waals surface area contributed by atoms with Gasteiger partial charge in [-0.2, -0.15) is 0 Å². The second-order valence-electron chi connectivity index (χ2n) is 8.95. The van der Waals surface area contributed by atoms with Gasteiger partial charge in [-0.3, -0.25) is 4.79 Å². The average molecular weight is 477 g/mol. The number of carbonyl (C=O) groups is 1. The highest BCUT2D eigenvalue weighted by Crippen LogP contribution is 2.43. The highest BCUT2D eigenvalue weighted by molar-refractivity contribution is 6.32. The zero-order chi connectivity index (χ0) is 25.3. The number of pyridine rings is 1. The number of aromatic nitrogens is 1. The number of para-hydroxylation sites is 1. The van der Waals surface area contributed by atoms with Crippen LogP contribution in [0, 0.1) is 6.57 Å². The maximum Gasteiger partial charge on any atom is 0.228 e. The van der Waals surface area contributed by atoms with E-state index in [0.717, 1.165) is 22.2 Å². The van der Waals surface area contributed by atoms with Crippen molar-refractivity contribution in [3.05, 3.63) is 107 Å². The van der Waals surface area contributed by atoms with Crippen LogP contribution in [0.15, 0.2) is 78.9 Å². The molecule has 4 aromatic rings. The lowest BCUT2D eigenvalue weighted by Crippen LogP contribution is -2.29. The third-order valence-corrected chi connectivity index (χ3v) is 6.11. The Kier molecular flexibility index (Phi) is 5.91. The van der Waals surface area contributed by atoms with E-state index in [1.165, 1.54) is 7.11 Å². The second-order valence-corrected chi connectivity index (χ2v) is 8.95. The average Bonchev–Trinajstić information content (AvgIpc) is 3.15. The van der Waals surface area contributed by atoms with Gasteiger partial charge in [0.2, 0.25) is 11.5 Å². The molecule has 0 N–H and O–H groups in total. The summed E-state index contributed by atoms with van der Waals surface area (Å²) in [6.45, 7) is 11.3. The number of rotatable bonds is 6. The van der Waals surface area contributed by atoms with Gasteiger partial charge >= 0.3 is 0 Å². The van der Waals surface area contributed by atoms with E-state index in [4.69, 9.17) is 20.8 Å². The van der Waals surface area contributed by atoms with Gasteiger partial charge in [0.05, 0.1) is 30.5 Å². The molecule has 0 spiro atoms. The summed E-state index contributed by atoms with van der Waals surface area (Å²) in [5.41, 5.74) is 2.95. The number of hydrogen-bond acceptors (Lipinski definition) is 5. The highest BCUT2D eigenvalue weighted by Gasteiger charge is 2.42. The van der Waals surface area contributed by atoms with Crippen molar-refractivity contribution < 1.29 is 19.0 Å². The Balaban J connectivity index is 1.42. The van der Waals surface area contributed by atoms with E-state index in [0.29, 0.717) is 40.7 Å². The first-order valence-electron chi connectivity index (χ1n) is 11.5. The lowest BCUT2D eigenvalue weighted by molar-refractivity contribution is -0.125. The molecule has 2 heterocycles. The molecule has 1 aliphatic heterocycles. The molecular formula is C30H24N2O4. The summed E-state index contributed by atoms with van der Waals surface area (Å²) in [5, 5.41) is 1.08. The molecule has 0 fully saturated rings. The molecule has 178 valence electrons. The number of ketones is 1. The Labute approximate surface area is 209 Å². The molecule has 5 rings (SSSR count). The number of ether oxygens (including phenoxy) is 3. The molecule has 0 bridgehead atoms. The van der Waals surface area contributed by atoms with E-state index >= 15 is 0 Å². The fraction of sp³-hybridized carbons (Fsp3) is 0.167. The normalized spacial score (nSPS) is 14.4. The second kappa shape index (κ2) is 9.20. The molecule has 0 unspecified atom stereocenters. The molecule has 36 heavy (non-hydrogen) atoms. The van der Waals surface area contributed by atoms with Gasteiger partial charge in [0.1, 0.15) is 23.9 Å². The minimum atomic E-state index is -1.01. The SMILES string of the molecule is [C-]#[N+]c1cc(C2=C(c3ccc(OCc4ccc5ccccc5n4)cc3)C(=O)C(C)(C)O2)ccc1OC. The van der Waals surface area contributed by atoms with Crippen LogP contribution >= 0.6 is 0 Å². The van der Waals surface area contributed by atoms with Crippen molar-refractivity contribution in [2.24, 2.45) is 0 Å². The fourth-order valence-electron chi connectivity index (χ4n) is 4.20. The van der Waals surface area contributed by atoms with Crippen LogP contribution in [0.2, 0.25) is 0 Å². The quantitative estimate of drug-likeness (QED) is 0.293. The number of benzene rings is 3. The van der Waals surface area contributed by atoms with Crippen LogP contribution in [0.1, 0.15) is 30.7 Å². The predicted octanol–water partition coefficient (Wildman–Crippen LogP) is 6.62. The summed E-state index contributed by atoms with van der Waals surface area (Å²) >= 11 is 0. The summed E-state index contributed by atoms with van der Waals surface area (Å²) in [5.74, 6) is 1.47. The van der Waals surface area contributed by atoms with Gasteiger partial charge in [-0.05, 0) is 55.8 Å². The van der Waals surface area contributed by atoms with Crippen molar-refractivity contribution in [1.82, 2.24) is 4.98 Å². The number of methoxy groups -OCH3 is 1. The molecule has 0 radical (unpaired) electrons. The fourth-order valence-corrected chi connectivity index (χ4v) is 4.20. The Morgan fingerprint density at radius 1 is 0.972 bits per heavy atom. The third-order valence-electron chi connectivity index (χ3n) is 6.11. The molecule has 0 aliphatic carbocycles. The minimum absolute atomic E-state index is 0.119. The first-order chi connectivity index (χ1) is 17.4.